The number of rotatable bonds is 2. The second-order valence-electron chi connectivity index (χ2n) is 3.02. The molecule has 1 aliphatic rings. The summed E-state index contributed by atoms with van der Waals surface area (Å²) in [7, 11) is 1.42. The molecular weight excluding hydrogens is 168 g/mol. The van der Waals surface area contributed by atoms with E-state index >= 15 is 0 Å². The average Bonchev–Trinajstić information content (AvgIpc) is 2.14. The number of carbonyl (C=O) groups is 1. The topological polar surface area (TPSA) is 41.9 Å². The van der Waals surface area contributed by atoms with E-state index in [1.54, 1.807) is 4.90 Å². The molecule has 0 aliphatic carbocycles. The Morgan fingerprint density at radius 3 is 3.15 bits per heavy atom. The van der Waals surface area contributed by atoms with Gasteiger partial charge in [-0.2, -0.15) is 0 Å². The Hall–Kier alpha value is -1.32. The molecule has 1 aliphatic heterocycles. The fraction of sp³-hybridized carbons (Fsp3) is 0.556. The highest BCUT2D eigenvalue weighted by molar-refractivity contribution is 6.26. The van der Waals surface area contributed by atoms with Gasteiger partial charge in [0.1, 0.15) is 13.3 Å². The third kappa shape index (κ3) is 2.89. The first-order chi connectivity index (χ1) is 6.24. The lowest BCUT2D eigenvalue weighted by molar-refractivity contribution is -0.123. The molecule has 0 bridgehead atoms. The molecule has 0 radical (unpaired) electrons. The van der Waals surface area contributed by atoms with Gasteiger partial charge in [0, 0.05) is 13.1 Å². The molecule has 1 amide bonds. The van der Waals surface area contributed by atoms with Crippen LogP contribution in [0.2, 0.25) is 0 Å². The minimum atomic E-state index is -0.0886. The second-order valence-corrected chi connectivity index (χ2v) is 3.02. The van der Waals surface area contributed by atoms with Gasteiger partial charge in [-0.3, -0.25) is 4.79 Å². The SMILES string of the molecule is CO/N=C/C(=O)N1CCC=C(C)C1. The lowest BCUT2D eigenvalue weighted by Crippen LogP contribution is -2.36. The lowest BCUT2D eigenvalue weighted by atomic mass is 10.1. The van der Waals surface area contributed by atoms with Gasteiger partial charge in [0.2, 0.25) is 0 Å². The highest BCUT2D eigenvalue weighted by Crippen LogP contribution is 2.07. The van der Waals surface area contributed by atoms with Crippen LogP contribution < -0.4 is 0 Å². The van der Waals surface area contributed by atoms with Crippen molar-refractivity contribution in [2.45, 2.75) is 13.3 Å². The standard InChI is InChI=1S/C9H14N2O2/c1-8-4-3-5-11(7-8)9(12)6-10-13-2/h4,6H,3,5,7H2,1-2H3/b10-6+. The van der Waals surface area contributed by atoms with Crippen LogP contribution in [0.1, 0.15) is 13.3 Å². The molecule has 0 N–H and O–H groups in total. The molecule has 0 saturated carbocycles. The van der Waals surface area contributed by atoms with E-state index < -0.39 is 0 Å². The fourth-order valence-electron chi connectivity index (χ4n) is 1.28. The molecule has 0 aromatic rings. The van der Waals surface area contributed by atoms with Gasteiger partial charge in [-0.15, -0.1) is 0 Å². The predicted octanol–water partition coefficient (Wildman–Crippen LogP) is 0.797. The molecular formula is C9H14N2O2. The Bertz CT molecular complexity index is 246. The van der Waals surface area contributed by atoms with Crippen LogP contribution in [0.25, 0.3) is 0 Å². The number of hydrogen-bond acceptors (Lipinski definition) is 3. The third-order valence-electron chi connectivity index (χ3n) is 1.91. The van der Waals surface area contributed by atoms with Crippen molar-refractivity contribution in [3.8, 4) is 0 Å². The van der Waals surface area contributed by atoms with Crippen molar-refractivity contribution in [1.29, 1.82) is 0 Å². The van der Waals surface area contributed by atoms with E-state index in [9.17, 15) is 4.79 Å². The van der Waals surface area contributed by atoms with E-state index in [4.69, 9.17) is 0 Å². The minimum Gasteiger partial charge on any atom is -0.399 e. The van der Waals surface area contributed by atoms with Gasteiger partial charge >= 0.3 is 0 Å². The van der Waals surface area contributed by atoms with Gasteiger partial charge < -0.3 is 9.74 Å². The van der Waals surface area contributed by atoms with Crippen LogP contribution in [0.3, 0.4) is 0 Å². The summed E-state index contributed by atoms with van der Waals surface area (Å²) < 4.78 is 0. The summed E-state index contributed by atoms with van der Waals surface area (Å²) in [6, 6.07) is 0. The summed E-state index contributed by atoms with van der Waals surface area (Å²) in [5, 5.41) is 3.44. The predicted molar refractivity (Wildman–Crippen MR) is 50.5 cm³/mol. The van der Waals surface area contributed by atoms with E-state index in [0.717, 1.165) is 13.0 Å². The van der Waals surface area contributed by atoms with Crippen LogP contribution in [0.5, 0.6) is 0 Å². The number of amides is 1. The Kier molecular flexibility index (Phi) is 3.49. The number of nitrogens with zero attached hydrogens (tertiary/aromatic N) is 2. The average molecular weight is 182 g/mol. The highest BCUT2D eigenvalue weighted by Gasteiger charge is 2.14. The van der Waals surface area contributed by atoms with Crippen molar-refractivity contribution in [2.24, 2.45) is 5.16 Å². The zero-order valence-electron chi connectivity index (χ0n) is 7.99. The molecule has 4 nitrogen and oxygen atoms in total. The van der Waals surface area contributed by atoms with E-state index in [-0.39, 0.29) is 5.91 Å². The molecule has 72 valence electrons. The van der Waals surface area contributed by atoms with Gasteiger partial charge in [0.05, 0.1) is 0 Å². The molecule has 13 heavy (non-hydrogen) atoms. The first-order valence-electron chi connectivity index (χ1n) is 4.25. The Morgan fingerprint density at radius 1 is 1.77 bits per heavy atom. The van der Waals surface area contributed by atoms with Crippen molar-refractivity contribution in [3.63, 3.8) is 0 Å². The summed E-state index contributed by atoms with van der Waals surface area (Å²) >= 11 is 0. The maximum absolute atomic E-state index is 11.4. The van der Waals surface area contributed by atoms with Crippen molar-refractivity contribution < 1.29 is 9.63 Å². The summed E-state index contributed by atoms with van der Waals surface area (Å²) in [6.07, 6.45) is 4.29. The second kappa shape index (κ2) is 4.64. The Morgan fingerprint density at radius 2 is 2.54 bits per heavy atom. The zero-order valence-corrected chi connectivity index (χ0v) is 7.99. The molecule has 0 fully saturated rings. The van der Waals surface area contributed by atoms with Gasteiger partial charge in [-0.1, -0.05) is 16.8 Å². The highest BCUT2D eigenvalue weighted by atomic mass is 16.6. The van der Waals surface area contributed by atoms with Gasteiger partial charge in [-0.25, -0.2) is 0 Å². The minimum absolute atomic E-state index is 0.0886. The molecule has 0 unspecified atom stereocenters. The van der Waals surface area contributed by atoms with Crippen molar-refractivity contribution >= 4 is 12.1 Å². The number of hydrogen-bond donors (Lipinski definition) is 0. The molecule has 1 rings (SSSR count). The molecule has 0 aromatic heterocycles. The van der Waals surface area contributed by atoms with Crippen molar-refractivity contribution in [2.75, 3.05) is 20.2 Å². The van der Waals surface area contributed by atoms with Crippen LogP contribution in [-0.4, -0.2) is 37.2 Å². The van der Waals surface area contributed by atoms with Gasteiger partial charge in [-0.05, 0) is 13.3 Å². The normalized spacial score (nSPS) is 17.4. The van der Waals surface area contributed by atoms with E-state index in [0.29, 0.717) is 6.54 Å². The maximum atomic E-state index is 11.4. The number of oxime groups is 1. The van der Waals surface area contributed by atoms with Gasteiger partial charge in [0.25, 0.3) is 5.91 Å². The molecule has 0 aromatic carbocycles. The largest absolute Gasteiger partial charge is 0.399 e. The quantitative estimate of drug-likeness (QED) is 0.360. The van der Waals surface area contributed by atoms with Crippen LogP contribution in [0.15, 0.2) is 16.8 Å². The third-order valence-corrected chi connectivity index (χ3v) is 1.91. The van der Waals surface area contributed by atoms with E-state index in [1.165, 1.54) is 18.9 Å². The Labute approximate surface area is 77.8 Å². The monoisotopic (exact) mass is 182 g/mol. The maximum Gasteiger partial charge on any atom is 0.268 e. The molecule has 1 heterocycles. The van der Waals surface area contributed by atoms with Crippen molar-refractivity contribution in [1.82, 2.24) is 4.90 Å². The molecule has 0 saturated heterocycles. The van der Waals surface area contributed by atoms with Crippen LogP contribution in [-0.2, 0) is 9.63 Å². The summed E-state index contributed by atoms with van der Waals surface area (Å²) in [6.45, 7) is 3.49. The fourth-order valence-corrected chi connectivity index (χ4v) is 1.28. The summed E-state index contributed by atoms with van der Waals surface area (Å²) in [4.78, 5) is 17.6. The molecule has 4 heteroatoms. The molecule has 0 atom stereocenters. The van der Waals surface area contributed by atoms with E-state index in [1.807, 2.05) is 6.92 Å². The van der Waals surface area contributed by atoms with Crippen LogP contribution in [0.4, 0.5) is 0 Å². The number of carbonyl (C=O) groups excluding carboxylic acids is 1. The molecule has 0 spiro atoms. The summed E-state index contributed by atoms with van der Waals surface area (Å²) in [5.74, 6) is -0.0886. The van der Waals surface area contributed by atoms with Crippen LogP contribution in [0, 0.1) is 0 Å². The van der Waals surface area contributed by atoms with E-state index in [2.05, 4.69) is 16.1 Å². The smallest absolute Gasteiger partial charge is 0.268 e. The van der Waals surface area contributed by atoms with Crippen LogP contribution >= 0.6 is 0 Å². The zero-order chi connectivity index (χ0) is 9.68. The summed E-state index contributed by atoms with van der Waals surface area (Å²) in [5.41, 5.74) is 1.23. The van der Waals surface area contributed by atoms with Crippen molar-refractivity contribution in [3.05, 3.63) is 11.6 Å². The Balaban J connectivity index is 2.49. The van der Waals surface area contributed by atoms with Gasteiger partial charge in [0.15, 0.2) is 0 Å². The first kappa shape index (κ1) is 9.77. The first-order valence-corrected chi connectivity index (χ1v) is 4.25. The lowest BCUT2D eigenvalue weighted by Gasteiger charge is -2.24.